The van der Waals surface area contributed by atoms with Gasteiger partial charge in [-0.2, -0.15) is 0 Å². The standard InChI is InChI=1S/C14H11ClF2O2/c15-12-6-11(16)5-4-10(12)8-19-14-9(7-18)2-1-3-13(14)17/h1-6,18H,7-8H2. The quantitative estimate of drug-likeness (QED) is 0.928. The molecule has 0 saturated heterocycles. The smallest absolute Gasteiger partial charge is 0.165 e. The summed E-state index contributed by atoms with van der Waals surface area (Å²) >= 11 is 5.85. The molecule has 0 fully saturated rings. The summed E-state index contributed by atoms with van der Waals surface area (Å²) in [5, 5.41) is 9.32. The summed E-state index contributed by atoms with van der Waals surface area (Å²) in [6.07, 6.45) is 0. The molecule has 0 aliphatic rings. The highest BCUT2D eigenvalue weighted by molar-refractivity contribution is 6.31. The number of aliphatic hydroxyl groups is 1. The fourth-order valence-electron chi connectivity index (χ4n) is 1.63. The Hall–Kier alpha value is -1.65. The van der Waals surface area contributed by atoms with E-state index in [0.717, 1.165) is 6.07 Å². The molecule has 1 N–H and O–H groups in total. The van der Waals surface area contributed by atoms with Crippen LogP contribution in [0.15, 0.2) is 36.4 Å². The van der Waals surface area contributed by atoms with Gasteiger partial charge in [0.25, 0.3) is 0 Å². The highest BCUT2D eigenvalue weighted by Gasteiger charge is 2.10. The number of halogens is 3. The predicted molar refractivity (Wildman–Crippen MR) is 68.1 cm³/mol. The molecule has 0 heterocycles. The Balaban J connectivity index is 2.19. The molecule has 19 heavy (non-hydrogen) atoms. The average Bonchev–Trinajstić information content (AvgIpc) is 2.39. The topological polar surface area (TPSA) is 29.5 Å². The third-order valence-electron chi connectivity index (χ3n) is 2.61. The van der Waals surface area contributed by atoms with Crippen molar-refractivity contribution in [3.8, 4) is 5.75 Å². The van der Waals surface area contributed by atoms with Crippen molar-refractivity contribution >= 4 is 11.6 Å². The average molecular weight is 285 g/mol. The second-order valence-electron chi connectivity index (χ2n) is 3.91. The van der Waals surface area contributed by atoms with Crippen LogP contribution in [-0.2, 0) is 13.2 Å². The van der Waals surface area contributed by atoms with Gasteiger partial charge in [0.1, 0.15) is 12.4 Å². The van der Waals surface area contributed by atoms with Gasteiger partial charge in [0.05, 0.1) is 11.6 Å². The molecule has 0 spiro atoms. The normalized spacial score (nSPS) is 10.5. The van der Waals surface area contributed by atoms with Crippen molar-refractivity contribution < 1.29 is 18.6 Å². The van der Waals surface area contributed by atoms with E-state index in [1.807, 2.05) is 0 Å². The molecular formula is C14H11ClF2O2. The van der Waals surface area contributed by atoms with Crippen molar-refractivity contribution in [2.45, 2.75) is 13.2 Å². The minimum absolute atomic E-state index is 0.00690. The van der Waals surface area contributed by atoms with E-state index in [2.05, 4.69) is 0 Å². The number of benzene rings is 2. The maximum atomic E-state index is 13.6. The molecule has 2 nitrogen and oxygen atoms in total. The number of rotatable bonds is 4. The highest BCUT2D eigenvalue weighted by Crippen LogP contribution is 2.25. The Morgan fingerprint density at radius 2 is 1.89 bits per heavy atom. The van der Waals surface area contributed by atoms with Crippen LogP contribution >= 0.6 is 11.6 Å². The largest absolute Gasteiger partial charge is 0.485 e. The van der Waals surface area contributed by atoms with Crippen LogP contribution in [0.2, 0.25) is 5.02 Å². The molecule has 0 aromatic heterocycles. The molecule has 0 atom stereocenters. The predicted octanol–water partition coefficient (Wildman–Crippen LogP) is 3.69. The Kier molecular flexibility index (Phi) is 4.35. The van der Waals surface area contributed by atoms with Crippen molar-refractivity contribution in [1.82, 2.24) is 0 Å². The third kappa shape index (κ3) is 3.22. The lowest BCUT2D eigenvalue weighted by molar-refractivity contribution is 0.251. The van der Waals surface area contributed by atoms with Crippen molar-refractivity contribution in [2.24, 2.45) is 0 Å². The maximum Gasteiger partial charge on any atom is 0.165 e. The zero-order valence-electron chi connectivity index (χ0n) is 9.87. The zero-order chi connectivity index (χ0) is 13.8. The molecule has 5 heteroatoms. The summed E-state index contributed by atoms with van der Waals surface area (Å²) in [4.78, 5) is 0. The Labute approximate surface area is 114 Å². The van der Waals surface area contributed by atoms with Crippen LogP contribution in [0.4, 0.5) is 8.78 Å². The van der Waals surface area contributed by atoms with E-state index >= 15 is 0 Å². The lowest BCUT2D eigenvalue weighted by Gasteiger charge is -2.11. The van der Waals surface area contributed by atoms with Crippen LogP contribution in [0.3, 0.4) is 0 Å². The van der Waals surface area contributed by atoms with E-state index in [4.69, 9.17) is 21.4 Å². The molecule has 0 radical (unpaired) electrons. The maximum absolute atomic E-state index is 13.6. The summed E-state index contributed by atoms with van der Waals surface area (Å²) < 4.78 is 31.8. The lowest BCUT2D eigenvalue weighted by atomic mass is 10.2. The summed E-state index contributed by atoms with van der Waals surface area (Å²) in [6.45, 7) is -0.336. The number of hydrogen-bond acceptors (Lipinski definition) is 2. The van der Waals surface area contributed by atoms with E-state index in [0.29, 0.717) is 11.1 Å². The van der Waals surface area contributed by atoms with Gasteiger partial charge in [-0.25, -0.2) is 8.78 Å². The van der Waals surface area contributed by atoms with Crippen molar-refractivity contribution in [3.63, 3.8) is 0 Å². The van der Waals surface area contributed by atoms with Gasteiger partial charge in [0.2, 0.25) is 0 Å². The summed E-state index contributed by atoms with van der Waals surface area (Å²) in [6, 6.07) is 8.16. The molecule has 2 rings (SSSR count). The SMILES string of the molecule is OCc1cccc(F)c1OCc1ccc(F)cc1Cl. The first-order valence-electron chi connectivity index (χ1n) is 5.57. The molecule has 100 valence electrons. The van der Waals surface area contributed by atoms with Gasteiger partial charge < -0.3 is 9.84 Å². The summed E-state index contributed by atoms with van der Waals surface area (Å²) in [7, 11) is 0. The monoisotopic (exact) mass is 284 g/mol. The molecule has 0 saturated carbocycles. The Bertz CT molecular complexity index is 588. The highest BCUT2D eigenvalue weighted by atomic mass is 35.5. The Morgan fingerprint density at radius 3 is 2.58 bits per heavy atom. The second kappa shape index (κ2) is 5.99. The van der Waals surface area contributed by atoms with E-state index < -0.39 is 11.6 Å². The number of hydrogen-bond donors (Lipinski definition) is 1. The van der Waals surface area contributed by atoms with Gasteiger partial charge >= 0.3 is 0 Å². The van der Waals surface area contributed by atoms with Crippen LogP contribution < -0.4 is 4.74 Å². The Morgan fingerprint density at radius 1 is 1.11 bits per heavy atom. The van der Waals surface area contributed by atoms with E-state index in [-0.39, 0.29) is 24.0 Å². The zero-order valence-corrected chi connectivity index (χ0v) is 10.6. The molecule has 0 aliphatic carbocycles. The van der Waals surface area contributed by atoms with E-state index in [9.17, 15) is 8.78 Å². The van der Waals surface area contributed by atoms with Gasteiger partial charge in [0.15, 0.2) is 11.6 Å². The molecule has 0 bridgehead atoms. The summed E-state index contributed by atoms with van der Waals surface area (Å²) in [5.74, 6) is -1.04. The minimum Gasteiger partial charge on any atom is -0.485 e. The third-order valence-corrected chi connectivity index (χ3v) is 2.96. The summed E-state index contributed by atoms with van der Waals surface area (Å²) in [5.41, 5.74) is 0.883. The molecule has 0 aliphatic heterocycles. The van der Waals surface area contributed by atoms with Gasteiger partial charge in [-0.3, -0.25) is 0 Å². The van der Waals surface area contributed by atoms with Gasteiger partial charge in [-0.1, -0.05) is 29.8 Å². The molecule has 0 amide bonds. The van der Waals surface area contributed by atoms with Crippen molar-refractivity contribution in [3.05, 3.63) is 64.2 Å². The van der Waals surface area contributed by atoms with E-state index in [1.54, 1.807) is 6.07 Å². The van der Waals surface area contributed by atoms with Gasteiger partial charge in [-0.05, 0) is 18.2 Å². The van der Waals surface area contributed by atoms with E-state index in [1.165, 1.54) is 24.3 Å². The molecular weight excluding hydrogens is 274 g/mol. The van der Waals surface area contributed by atoms with Crippen LogP contribution in [-0.4, -0.2) is 5.11 Å². The molecule has 0 unspecified atom stereocenters. The van der Waals surface area contributed by atoms with Crippen molar-refractivity contribution in [2.75, 3.05) is 0 Å². The van der Waals surface area contributed by atoms with Crippen LogP contribution in [0.1, 0.15) is 11.1 Å². The first kappa shape index (κ1) is 13.8. The molecule has 2 aromatic carbocycles. The van der Waals surface area contributed by atoms with Crippen LogP contribution in [0.5, 0.6) is 5.75 Å². The fourth-order valence-corrected chi connectivity index (χ4v) is 1.85. The number of para-hydroxylation sites is 1. The van der Waals surface area contributed by atoms with Gasteiger partial charge in [-0.15, -0.1) is 0 Å². The lowest BCUT2D eigenvalue weighted by Crippen LogP contribution is -2.02. The first-order chi connectivity index (χ1) is 9.11. The van der Waals surface area contributed by atoms with Crippen LogP contribution in [0.25, 0.3) is 0 Å². The molecule has 2 aromatic rings. The second-order valence-corrected chi connectivity index (χ2v) is 4.32. The minimum atomic E-state index is -0.565. The first-order valence-corrected chi connectivity index (χ1v) is 5.94. The fraction of sp³-hybridized carbons (Fsp3) is 0.143. The van der Waals surface area contributed by atoms with Crippen molar-refractivity contribution in [1.29, 1.82) is 0 Å². The van der Waals surface area contributed by atoms with Gasteiger partial charge in [0, 0.05) is 11.1 Å². The number of aliphatic hydroxyl groups excluding tert-OH is 1. The van der Waals surface area contributed by atoms with Crippen LogP contribution in [0, 0.1) is 11.6 Å². The number of ether oxygens (including phenoxy) is 1.